The monoisotopic (exact) mass is 445 g/mol. The highest BCUT2D eigenvalue weighted by molar-refractivity contribution is 5.73. The van der Waals surface area contributed by atoms with Gasteiger partial charge in [0.1, 0.15) is 17.7 Å². The summed E-state index contributed by atoms with van der Waals surface area (Å²) >= 11 is 0. The Kier molecular flexibility index (Phi) is 7.07. The predicted molar refractivity (Wildman–Crippen MR) is 131 cm³/mol. The van der Waals surface area contributed by atoms with Crippen molar-refractivity contribution in [3.8, 4) is 5.75 Å². The molecule has 1 fully saturated rings. The minimum absolute atomic E-state index is 0.0227. The van der Waals surface area contributed by atoms with Crippen LogP contribution in [0.4, 0.5) is 11.8 Å². The fourth-order valence-electron chi connectivity index (χ4n) is 4.08. The van der Waals surface area contributed by atoms with Crippen LogP contribution in [0.3, 0.4) is 0 Å². The molecule has 3 aromatic rings. The maximum Gasteiger partial charge on any atom is 0.227 e. The van der Waals surface area contributed by atoms with Crippen LogP contribution in [0.15, 0.2) is 66.9 Å². The maximum atomic E-state index is 11.3. The van der Waals surface area contributed by atoms with Gasteiger partial charge in [0.05, 0.1) is 12.6 Å². The molecule has 0 spiro atoms. The number of ether oxygens (including phenoxy) is 1. The summed E-state index contributed by atoms with van der Waals surface area (Å²) in [6, 6.07) is 20.2. The zero-order valence-electron chi connectivity index (χ0n) is 19.4. The molecule has 1 aromatic heterocycles. The number of nitrogens with zero attached hydrogens (tertiary/aromatic N) is 4. The lowest BCUT2D eigenvalue weighted by atomic mass is 10.1. The molecular formula is C26H31N5O2. The van der Waals surface area contributed by atoms with Gasteiger partial charge in [0, 0.05) is 39.7 Å². The second kappa shape index (κ2) is 10.3. The van der Waals surface area contributed by atoms with E-state index in [0.717, 1.165) is 43.2 Å². The summed E-state index contributed by atoms with van der Waals surface area (Å²) in [5, 5.41) is 2.90. The number of benzene rings is 2. The Morgan fingerprint density at radius 3 is 2.67 bits per heavy atom. The van der Waals surface area contributed by atoms with Crippen molar-refractivity contribution in [1.29, 1.82) is 0 Å². The highest BCUT2D eigenvalue weighted by Crippen LogP contribution is 2.25. The number of aromatic nitrogens is 2. The molecule has 0 radical (unpaired) electrons. The largest absolute Gasteiger partial charge is 0.489 e. The highest BCUT2D eigenvalue weighted by Gasteiger charge is 2.25. The van der Waals surface area contributed by atoms with Gasteiger partial charge in [-0.2, -0.15) is 4.98 Å². The Hall–Kier alpha value is -3.61. The number of anilines is 2. The van der Waals surface area contributed by atoms with Crippen LogP contribution >= 0.6 is 0 Å². The molecule has 1 N–H and O–H groups in total. The highest BCUT2D eigenvalue weighted by atomic mass is 16.5. The van der Waals surface area contributed by atoms with Gasteiger partial charge in [-0.1, -0.05) is 42.5 Å². The minimum Gasteiger partial charge on any atom is -0.489 e. The van der Waals surface area contributed by atoms with Crippen LogP contribution in [0.25, 0.3) is 0 Å². The Morgan fingerprint density at radius 2 is 1.94 bits per heavy atom. The topological polar surface area (TPSA) is 70.6 Å². The van der Waals surface area contributed by atoms with Crippen molar-refractivity contribution in [3.05, 3.63) is 78.0 Å². The zero-order valence-corrected chi connectivity index (χ0v) is 19.4. The number of hydrogen-bond acceptors (Lipinski definition) is 6. The van der Waals surface area contributed by atoms with Crippen LogP contribution in [0, 0.1) is 0 Å². The van der Waals surface area contributed by atoms with E-state index < -0.39 is 0 Å². The predicted octanol–water partition coefficient (Wildman–Crippen LogP) is 3.97. The van der Waals surface area contributed by atoms with Gasteiger partial charge in [0.25, 0.3) is 0 Å². The lowest BCUT2D eigenvalue weighted by Crippen LogP contribution is -2.26. The lowest BCUT2D eigenvalue weighted by molar-refractivity contribution is -0.119. The molecule has 0 unspecified atom stereocenters. The van der Waals surface area contributed by atoms with E-state index in [-0.39, 0.29) is 18.1 Å². The molecule has 33 heavy (non-hydrogen) atoms. The fraction of sp³-hybridized carbons (Fsp3) is 0.346. The molecule has 0 aliphatic carbocycles. The smallest absolute Gasteiger partial charge is 0.227 e. The van der Waals surface area contributed by atoms with Gasteiger partial charge >= 0.3 is 0 Å². The summed E-state index contributed by atoms with van der Waals surface area (Å²) < 4.78 is 6.22. The number of hydrogen-bond donors (Lipinski definition) is 1. The first-order valence-corrected chi connectivity index (χ1v) is 11.3. The molecule has 172 valence electrons. The summed E-state index contributed by atoms with van der Waals surface area (Å²) in [5.41, 5.74) is 2.28. The zero-order chi connectivity index (χ0) is 23.2. The van der Waals surface area contributed by atoms with Crippen LogP contribution in [0.2, 0.25) is 0 Å². The van der Waals surface area contributed by atoms with Crippen molar-refractivity contribution in [1.82, 2.24) is 15.3 Å². The lowest BCUT2D eigenvalue weighted by Gasteiger charge is -2.21. The minimum atomic E-state index is -0.0342. The van der Waals surface area contributed by atoms with Crippen molar-refractivity contribution in [2.24, 2.45) is 0 Å². The van der Waals surface area contributed by atoms with Crippen LogP contribution in [0.5, 0.6) is 5.75 Å². The van der Waals surface area contributed by atoms with Gasteiger partial charge in [-0.3, -0.25) is 4.79 Å². The number of amides is 1. The summed E-state index contributed by atoms with van der Waals surface area (Å²) in [7, 11) is 2.01. The average molecular weight is 446 g/mol. The SMILES string of the molecule is CC(=O)N[C@@H](C)c1ccc(O[C@@H]2CCN(c3ccnc(N(C)Cc4ccccc4)n3)C2)cc1. The first kappa shape index (κ1) is 22.6. The van der Waals surface area contributed by atoms with Gasteiger partial charge in [0.2, 0.25) is 11.9 Å². The van der Waals surface area contributed by atoms with Gasteiger partial charge < -0.3 is 19.9 Å². The molecule has 7 nitrogen and oxygen atoms in total. The standard InChI is InChI=1S/C26H31N5O2/c1-19(28-20(2)32)22-9-11-23(12-10-22)33-24-14-16-31(18-24)25-13-15-27-26(29-25)30(3)17-21-7-5-4-6-8-21/h4-13,15,19,24H,14,16-18H2,1-3H3,(H,28,32)/t19-,24+/m0/s1. The third-order valence-corrected chi connectivity index (χ3v) is 5.80. The van der Waals surface area contributed by atoms with E-state index in [9.17, 15) is 4.79 Å². The van der Waals surface area contributed by atoms with Crippen molar-refractivity contribution in [2.75, 3.05) is 29.9 Å². The summed E-state index contributed by atoms with van der Waals surface area (Å²) in [6.45, 7) is 5.93. The third-order valence-electron chi connectivity index (χ3n) is 5.80. The molecule has 1 amide bonds. The summed E-state index contributed by atoms with van der Waals surface area (Å²) in [4.78, 5) is 24.8. The van der Waals surface area contributed by atoms with E-state index in [0.29, 0.717) is 5.95 Å². The molecule has 2 aromatic carbocycles. The van der Waals surface area contributed by atoms with E-state index in [1.54, 1.807) is 0 Å². The van der Waals surface area contributed by atoms with Gasteiger partial charge in [-0.25, -0.2) is 4.98 Å². The average Bonchev–Trinajstić information content (AvgIpc) is 3.28. The molecule has 1 aliphatic heterocycles. The molecule has 1 saturated heterocycles. The van der Waals surface area contributed by atoms with Gasteiger partial charge in [-0.05, 0) is 36.2 Å². The summed E-state index contributed by atoms with van der Waals surface area (Å²) in [5.74, 6) is 2.44. The van der Waals surface area contributed by atoms with Gasteiger partial charge in [0.15, 0.2) is 0 Å². The Labute approximate surface area is 195 Å². The summed E-state index contributed by atoms with van der Waals surface area (Å²) in [6.07, 6.45) is 2.86. The molecule has 0 saturated carbocycles. The van der Waals surface area contributed by atoms with Crippen molar-refractivity contribution >= 4 is 17.7 Å². The molecular weight excluding hydrogens is 414 g/mol. The van der Waals surface area contributed by atoms with E-state index in [4.69, 9.17) is 9.72 Å². The van der Waals surface area contributed by atoms with Crippen molar-refractivity contribution in [2.45, 2.75) is 39.0 Å². The van der Waals surface area contributed by atoms with Crippen LogP contribution in [-0.4, -0.2) is 42.1 Å². The van der Waals surface area contributed by atoms with Crippen molar-refractivity contribution in [3.63, 3.8) is 0 Å². The van der Waals surface area contributed by atoms with E-state index in [2.05, 4.69) is 32.2 Å². The van der Waals surface area contributed by atoms with Crippen LogP contribution < -0.4 is 19.9 Å². The van der Waals surface area contributed by atoms with E-state index in [1.807, 2.05) is 68.7 Å². The van der Waals surface area contributed by atoms with E-state index in [1.165, 1.54) is 12.5 Å². The first-order chi connectivity index (χ1) is 16.0. The van der Waals surface area contributed by atoms with E-state index >= 15 is 0 Å². The fourth-order valence-corrected chi connectivity index (χ4v) is 4.08. The molecule has 1 aliphatic rings. The number of rotatable bonds is 8. The van der Waals surface area contributed by atoms with Crippen LogP contribution in [0.1, 0.15) is 37.4 Å². The molecule has 2 heterocycles. The normalized spacial score (nSPS) is 16.3. The molecule has 7 heteroatoms. The molecule has 2 atom stereocenters. The van der Waals surface area contributed by atoms with Gasteiger partial charge in [-0.15, -0.1) is 0 Å². The molecule has 0 bridgehead atoms. The Morgan fingerprint density at radius 1 is 1.18 bits per heavy atom. The van der Waals surface area contributed by atoms with Crippen LogP contribution in [-0.2, 0) is 11.3 Å². The quantitative estimate of drug-likeness (QED) is 0.566. The van der Waals surface area contributed by atoms with Crippen molar-refractivity contribution < 1.29 is 9.53 Å². The maximum absolute atomic E-state index is 11.3. The number of nitrogens with one attached hydrogen (secondary N) is 1. The first-order valence-electron chi connectivity index (χ1n) is 11.3. The second-order valence-electron chi connectivity index (χ2n) is 8.52. The number of carbonyl (C=O) groups is 1. The second-order valence-corrected chi connectivity index (χ2v) is 8.52. The third kappa shape index (κ3) is 6.00. The number of carbonyl (C=O) groups excluding carboxylic acids is 1. The Bertz CT molecular complexity index is 1060. The molecule has 4 rings (SSSR count). The Balaban J connectivity index is 1.34.